The highest BCUT2D eigenvalue weighted by Gasteiger charge is 2.07. The highest BCUT2D eigenvalue weighted by molar-refractivity contribution is 5.75. The lowest BCUT2D eigenvalue weighted by Crippen LogP contribution is -2.42. The molecule has 8 nitrogen and oxygen atoms in total. The van der Waals surface area contributed by atoms with Crippen LogP contribution in [0.5, 0.6) is 0 Å². The Balaban J connectivity index is 3.51. The fourth-order valence-corrected chi connectivity index (χ4v) is 1.32. The second-order valence-electron chi connectivity index (χ2n) is 4.11. The Hall–Kier alpha value is -1.83. The molecule has 8 heteroatoms. The summed E-state index contributed by atoms with van der Waals surface area (Å²) in [5.74, 6) is -1.40. The van der Waals surface area contributed by atoms with Crippen molar-refractivity contribution in [1.29, 1.82) is 0 Å². The number of aliphatic carboxylic acids is 1. The van der Waals surface area contributed by atoms with Crippen LogP contribution in [0.1, 0.15) is 26.2 Å². The van der Waals surface area contributed by atoms with Gasteiger partial charge in [0.05, 0.1) is 6.61 Å². The molecule has 0 aromatic carbocycles. The number of carbonyl (C=O) groups excluding carboxylic acids is 2. The van der Waals surface area contributed by atoms with E-state index in [0.717, 1.165) is 0 Å². The van der Waals surface area contributed by atoms with Crippen LogP contribution < -0.4 is 16.4 Å². The molecule has 0 aliphatic heterocycles. The molecule has 110 valence electrons. The van der Waals surface area contributed by atoms with Crippen molar-refractivity contribution in [3.05, 3.63) is 0 Å². The molecule has 0 bridgehead atoms. The van der Waals surface area contributed by atoms with Crippen LogP contribution in [0.3, 0.4) is 0 Å². The third kappa shape index (κ3) is 12.4. The fourth-order valence-electron chi connectivity index (χ4n) is 1.32. The normalized spacial score (nSPS) is 11.6. The number of amides is 3. The molecule has 0 radical (unpaired) electrons. The van der Waals surface area contributed by atoms with E-state index in [-0.39, 0.29) is 38.3 Å². The summed E-state index contributed by atoms with van der Waals surface area (Å²) >= 11 is 0. The number of primary amides is 1. The molecule has 0 aromatic rings. The lowest BCUT2D eigenvalue weighted by atomic mass is 10.1. The van der Waals surface area contributed by atoms with Crippen molar-refractivity contribution in [2.24, 2.45) is 5.73 Å². The van der Waals surface area contributed by atoms with Crippen LogP contribution in [-0.4, -0.2) is 48.8 Å². The molecule has 0 spiro atoms. The lowest BCUT2D eigenvalue weighted by molar-refractivity contribution is -0.137. The molecule has 0 saturated heterocycles. The SMILES string of the molecule is CC(CCCC(=O)O)NC(=O)NCCOCC(N)=O. The van der Waals surface area contributed by atoms with Gasteiger partial charge in [-0.15, -0.1) is 0 Å². The first kappa shape index (κ1) is 17.2. The van der Waals surface area contributed by atoms with Crippen molar-refractivity contribution in [3.63, 3.8) is 0 Å². The van der Waals surface area contributed by atoms with Crippen molar-refractivity contribution < 1.29 is 24.2 Å². The molecule has 0 heterocycles. The van der Waals surface area contributed by atoms with E-state index < -0.39 is 11.9 Å². The number of carbonyl (C=O) groups is 3. The van der Waals surface area contributed by atoms with E-state index in [0.29, 0.717) is 12.8 Å². The summed E-state index contributed by atoms with van der Waals surface area (Å²) in [6, 6.07) is -0.462. The second-order valence-corrected chi connectivity index (χ2v) is 4.11. The number of urea groups is 1. The minimum atomic E-state index is -0.844. The highest BCUT2D eigenvalue weighted by atomic mass is 16.5. The van der Waals surface area contributed by atoms with Gasteiger partial charge in [-0.3, -0.25) is 9.59 Å². The van der Waals surface area contributed by atoms with Gasteiger partial charge in [0.15, 0.2) is 0 Å². The molecule has 0 aliphatic carbocycles. The maximum Gasteiger partial charge on any atom is 0.315 e. The summed E-state index contributed by atoms with van der Waals surface area (Å²) in [6.07, 6.45) is 1.20. The van der Waals surface area contributed by atoms with Gasteiger partial charge >= 0.3 is 12.0 Å². The van der Waals surface area contributed by atoms with E-state index in [2.05, 4.69) is 10.6 Å². The number of carboxylic acid groups (broad SMARTS) is 1. The van der Waals surface area contributed by atoms with Crippen LogP contribution >= 0.6 is 0 Å². The van der Waals surface area contributed by atoms with E-state index in [9.17, 15) is 14.4 Å². The third-order valence-corrected chi connectivity index (χ3v) is 2.18. The number of hydrogen-bond donors (Lipinski definition) is 4. The van der Waals surface area contributed by atoms with Gasteiger partial charge in [0.25, 0.3) is 0 Å². The van der Waals surface area contributed by atoms with E-state index >= 15 is 0 Å². The van der Waals surface area contributed by atoms with Crippen molar-refractivity contribution in [2.45, 2.75) is 32.2 Å². The predicted molar refractivity (Wildman–Crippen MR) is 67.5 cm³/mol. The van der Waals surface area contributed by atoms with Crippen LogP contribution in [0, 0.1) is 0 Å². The maximum absolute atomic E-state index is 11.4. The quantitative estimate of drug-likeness (QED) is 0.397. The van der Waals surface area contributed by atoms with Crippen molar-refractivity contribution in [1.82, 2.24) is 10.6 Å². The van der Waals surface area contributed by atoms with Crippen LogP contribution in [-0.2, 0) is 14.3 Å². The first-order chi connectivity index (χ1) is 8.91. The van der Waals surface area contributed by atoms with E-state index in [1.807, 2.05) is 0 Å². The molecule has 19 heavy (non-hydrogen) atoms. The molecule has 0 aliphatic rings. The smallest absolute Gasteiger partial charge is 0.315 e. The molecule has 1 unspecified atom stereocenters. The minimum absolute atomic E-state index is 0.0919. The summed E-state index contributed by atoms with van der Waals surface area (Å²) in [4.78, 5) is 32.0. The zero-order chi connectivity index (χ0) is 14.7. The summed E-state index contributed by atoms with van der Waals surface area (Å²) in [5.41, 5.74) is 4.86. The average molecular weight is 275 g/mol. The molecule has 0 aromatic heterocycles. The number of nitrogens with two attached hydrogens (primary N) is 1. The maximum atomic E-state index is 11.4. The standard InChI is InChI=1S/C11H21N3O5/c1-8(3-2-4-10(16)17)14-11(18)13-5-6-19-7-9(12)15/h8H,2-7H2,1H3,(H2,12,15)(H,16,17)(H2,13,14,18). The molecule has 1 atom stereocenters. The summed E-state index contributed by atoms with van der Waals surface area (Å²) in [5, 5.41) is 13.7. The summed E-state index contributed by atoms with van der Waals surface area (Å²) in [7, 11) is 0. The summed E-state index contributed by atoms with van der Waals surface area (Å²) < 4.78 is 4.86. The molecule has 0 rings (SSSR count). The molecule has 0 saturated carbocycles. The first-order valence-corrected chi connectivity index (χ1v) is 6.04. The average Bonchev–Trinajstić information content (AvgIpc) is 2.27. The lowest BCUT2D eigenvalue weighted by Gasteiger charge is -2.14. The number of rotatable bonds is 10. The van der Waals surface area contributed by atoms with Gasteiger partial charge in [-0.05, 0) is 19.8 Å². The van der Waals surface area contributed by atoms with Crippen molar-refractivity contribution in [3.8, 4) is 0 Å². The largest absolute Gasteiger partial charge is 0.481 e. The zero-order valence-corrected chi connectivity index (χ0v) is 11.0. The van der Waals surface area contributed by atoms with Crippen LogP contribution in [0.2, 0.25) is 0 Å². The number of carboxylic acids is 1. The van der Waals surface area contributed by atoms with E-state index in [1.54, 1.807) is 6.92 Å². The Labute approximate surface area is 111 Å². The highest BCUT2D eigenvalue weighted by Crippen LogP contribution is 2.00. The minimum Gasteiger partial charge on any atom is -0.481 e. The summed E-state index contributed by atoms with van der Waals surface area (Å²) in [6.45, 7) is 2.09. The monoisotopic (exact) mass is 275 g/mol. The van der Waals surface area contributed by atoms with Crippen molar-refractivity contribution >= 4 is 17.9 Å². The van der Waals surface area contributed by atoms with Gasteiger partial charge in [-0.2, -0.15) is 0 Å². The van der Waals surface area contributed by atoms with Gasteiger partial charge in [0.1, 0.15) is 6.61 Å². The van der Waals surface area contributed by atoms with E-state index in [1.165, 1.54) is 0 Å². The Morgan fingerprint density at radius 2 is 2.05 bits per heavy atom. The van der Waals surface area contributed by atoms with Crippen molar-refractivity contribution in [2.75, 3.05) is 19.8 Å². The molecule has 5 N–H and O–H groups in total. The predicted octanol–water partition coefficient (Wildman–Crippen LogP) is -0.569. The van der Waals surface area contributed by atoms with Gasteiger partial charge < -0.3 is 26.2 Å². The molecule has 3 amide bonds. The second kappa shape index (κ2) is 10.1. The van der Waals surface area contributed by atoms with Gasteiger partial charge in [-0.1, -0.05) is 0 Å². The van der Waals surface area contributed by atoms with Crippen LogP contribution in [0.4, 0.5) is 4.79 Å². The molecule has 0 fully saturated rings. The van der Waals surface area contributed by atoms with E-state index in [4.69, 9.17) is 15.6 Å². The molecular formula is C11H21N3O5. The Kier molecular flexibility index (Phi) is 9.15. The Morgan fingerprint density at radius 3 is 2.63 bits per heavy atom. The topological polar surface area (TPSA) is 131 Å². The Morgan fingerprint density at radius 1 is 1.37 bits per heavy atom. The zero-order valence-electron chi connectivity index (χ0n) is 11.0. The van der Waals surface area contributed by atoms with Crippen LogP contribution in [0.25, 0.3) is 0 Å². The van der Waals surface area contributed by atoms with Gasteiger partial charge in [-0.25, -0.2) is 4.79 Å². The van der Waals surface area contributed by atoms with Gasteiger partial charge in [0, 0.05) is 19.0 Å². The fraction of sp³-hybridized carbons (Fsp3) is 0.727. The Bertz CT molecular complexity index is 309. The number of hydrogen-bond acceptors (Lipinski definition) is 4. The van der Waals surface area contributed by atoms with Gasteiger partial charge in [0.2, 0.25) is 5.91 Å². The third-order valence-electron chi connectivity index (χ3n) is 2.18. The first-order valence-electron chi connectivity index (χ1n) is 6.04. The molecular weight excluding hydrogens is 254 g/mol. The number of ether oxygens (including phenoxy) is 1. The number of nitrogens with one attached hydrogen (secondary N) is 2. The van der Waals surface area contributed by atoms with Crippen LogP contribution in [0.15, 0.2) is 0 Å².